The first-order chi connectivity index (χ1) is 7.88. The Labute approximate surface area is 99.1 Å². The van der Waals surface area contributed by atoms with Gasteiger partial charge in [-0.1, -0.05) is 11.6 Å². The number of halogens is 4. The fourth-order valence-electron chi connectivity index (χ4n) is 1.29. The minimum atomic E-state index is -4.51. The number of phenolic OH excluding ortho intramolecular Hbond substituents is 1. The average Bonchev–Trinajstić information content (AvgIpc) is 2.70. The molecule has 0 atom stereocenters. The van der Waals surface area contributed by atoms with Gasteiger partial charge in [0.2, 0.25) is 0 Å². The maximum absolute atomic E-state index is 12.3. The van der Waals surface area contributed by atoms with Gasteiger partial charge in [-0.25, -0.2) is 4.68 Å². The fourth-order valence-corrected chi connectivity index (χ4v) is 1.46. The zero-order chi connectivity index (χ0) is 12.6. The van der Waals surface area contributed by atoms with Crippen LogP contribution in [-0.2, 0) is 6.18 Å². The zero-order valence-corrected chi connectivity index (χ0v) is 9.00. The minimum absolute atomic E-state index is 0.0907. The molecule has 2 aromatic rings. The number of alkyl halides is 3. The summed E-state index contributed by atoms with van der Waals surface area (Å²) in [6.07, 6.45) is -3.41. The van der Waals surface area contributed by atoms with Gasteiger partial charge in [0, 0.05) is 11.2 Å². The number of rotatable bonds is 1. The lowest BCUT2D eigenvalue weighted by atomic mass is 10.3. The molecule has 0 unspecified atom stereocenters. The lowest BCUT2D eigenvalue weighted by Crippen LogP contribution is -2.07. The highest BCUT2D eigenvalue weighted by atomic mass is 35.5. The Bertz CT molecular complexity index is 551. The first kappa shape index (κ1) is 11.8. The SMILES string of the molecule is Oc1ccc(Cl)cc1-n1ccc(C(F)(F)F)n1. The van der Waals surface area contributed by atoms with Crippen molar-refractivity contribution in [1.82, 2.24) is 9.78 Å². The van der Waals surface area contributed by atoms with Crippen LogP contribution in [0.1, 0.15) is 5.69 Å². The Morgan fingerprint density at radius 3 is 2.53 bits per heavy atom. The lowest BCUT2D eigenvalue weighted by molar-refractivity contribution is -0.141. The predicted octanol–water partition coefficient (Wildman–Crippen LogP) is 3.25. The van der Waals surface area contributed by atoms with Crippen LogP contribution in [0.25, 0.3) is 5.69 Å². The molecular weight excluding hydrogens is 257 g/mol. The highest BCUT2D eigenvalue weighted by molar-refractivity contribution is 6.30. The third-order valence-electron chi connectivity index (χ3n) is 2.06. The van der Waals surface area contributed by atoms with Gasteiger partial charge in [-0.05, 0) is 24.3 Å². The van der Waals surface area contributed by atoms with Crippen molar-refractivity contribution < 1.29 is 18.3 Å². The summed E-state index contributed by atoms with van der Waals surface area (Å²) in [4.78, 5) is 0. The van der Waals surface area contributed by atoms with Crippen molar-refractivity contribution >= 4 is 11.6 Å². The van der Waals surface area contributed by atoms with Gasteiger partial charge in [0.1, 0.15) is 11.4 Å². The molecule has 1 heterocycles. The quantitative estimate of drug-likeness (QED) is 0.857. The first-order valence-corrected chi connectivity index (χ1v) is 4.87. The fraction of sp³-hybridized carbons (Fsp3) is 0.100. The highest BCUT2D eigenvalue weighted by Crippen LogP contribution is 2.30. The summed E-state index contributed by atoms with van der Waals surface area (Å²) in [5.74, 6) is -0.203. The number of benzene rings is 1. The molecule has 17 heavy (non-hydrogen) atoms. The van der Waals surface area contributed by atoms with Gasteiger partial charge in [-0.3, -0.25) is 0 Å². The van der Waals surface area contributed by atoms with E-state index in [1.807, 2.05) is 0 Å². The number of aromatic nitrogens is 2. The molecule has 0 saturated carbocycles. The van der Waals surface area contributed by atoms with Gasteiger partial charge in [0.25, 0.3) is 0 Å². The van der Waals surface area contributed by atoms with Gasteiger partial charge >= 0.3 is 6.18 Å². The summed E-state index contributed by atoms with van der Waals surface area (Å²) in [7, 11) is 0. The van der Waals surface area contributed by atoms with Crippen molar-refractivity contribution in [2.45, 2.75) is 6.18 Å². The van der Waals surface area contributed by atoms with Crippen LogP contribution < -0.4 is 0 Å². The van der Waals surface area contributed by atoms with E-state index in [1.54, 1.807) is 0 Å². The summed E-state index contributed by atoms with van der Waals surface area (Å²) in [6, 6.07) is 4.85. The van der Waals surface area contributed by atoms with Crippen LogP contribution in [0.2, 0.25) is 5.02 Å². The largest absolute Gasteiger partial charge is 0.506 e. The Morgan fingerprint density at radius 1 is 1.24 bits per heavy atom. The van der Waals surface area contributed by atoms with Gasteiger partial charge < -0.3 is 5.11 Å². The van der Waals surface area contributed by atoms with Crippen molar-refractivity contribution in [2.24, 2.45) is 0 Å². The second-order valence-electron chi connectivity index (χ2n) is 3.28. The van der Waals surface area contributed by atoms with E-state index < -0.39 is 11.9 Å². The molecule has 0 saturated heterocycles. The third kappa shape index (κ3) is 2.36. The molecule has 0 radical (unpaired) electrons. The Balaban J connectivity index is 2.47. The van der Waals surface area contributed by atoms with Crippen LogP contribution in [0.3, 0.4) is 0 Å². The Morgan fingerprint density at radius 2 is 1.94 bits per heavy atom. The van der Waals surface area contributed by atoms with E-state index in [9.17, 15) is 18.3 Å². The number of aromatic hydroxyl groups is 1. The van der Waals surface area contributed by atoms with E-state index in [0.717, 1.165) is 16.9 Å². The van der Waals surface area contributed by atoms with Crippen LogP contribution in [0.15, 0.2) is 30.5 Å². The van der Waals surface area contributed by atoms with Crippen LogP contribution in [0.4, 0.5) is 13.2 Å². The molecule has 0 spiro atoms. The first-order valence-electron chi connectivity index (χ1n) is 4.49. The maximum Gasteiger partial charge on any atom is 0.435 e. The zero-order valence-electron chi connectivity index (χ0n) is 8.24. The number of phenols is 1. The molecular formula is C10H6ClF3N2O. The van der Waals surface area contributed by atoms with E-state index >= 15 is 0 Å². The molecule has 0 bridgehead atoms. The van der Waals surface area contributed by atoms with Crippen molar-refractivity contribution in [2.75, 3.05) is 0 Å². The molecule has 0 aliphatic heterocycles. The van der Waals surface area contributed by atoms with Crippen LogP contribution in [0, 0.1) is 0 Å². The van der Waals surface area contributed by atoms with Crippen LogP contribution >= 0.6 is 11.6 Å². The molecule has 2 rings (SSSR count). The van der Waals surface area contributed by atoms with Gasteiger partial charge in [-0.2, -0.15) is 18.3 Å². The smallest absolute Gasteiger partial charge is 0.435 e. The maximum atomic E-state index is 12.3. The Kier molecular flexibility index (Phi) is 2.74. The van der Waals surface area contributed by atoms with Gasteiger partial charge in [0.15, 0.2) is 5.69 Å². The summed E-state index contributed by atoms with van der Waals surface area (Å²) in [6.45, 7) is 0. The van der Waals surface area contributed by atoms with E-state index in [2.05, 4.69) is 5.10 Å². The summed E-state index contributed by atoms with van der Waals surface area (Å²) in [5.41, 5.74) is -0.940. The molecule has 0 aliphatic rings. The van der Waals surface area contributed by atoms with Crippen molar-refractivity contribution in [3.05, 3.63) is 41.2 Å². The second kappa shape index (κ2) is 3.96. The summed E-state index contributed by atoms with van der Waals surface area (Å²) < 4.78 is 37.9. The van der Waals surface area contributed by atoms with E-state index in [0.29, 0.717) is 5.02 Å². The summed E-state index contributed by atoms with van der Waals surface area (Å²) >= 11 is 5.69. The van der Waals surface area contributed by atoms with Crippen molar-refractivity contribution in [3.63, 3.8) is 0 Å². The number of hydrogen-bond donors (Lipinski definition) is 1. The summed E-state index contributed by atoms with van der Waals surface area (Å²) in [5, 5.41) is 13.1. The number of hydrogen-bond acceptors (Lipinski definition) is 2. The molecule has 0 fully saturated rings. The Hall–Kier alpha value is -1.69. The topological polar surface area (TPSA) is 38.0 Å². The second-order valence-corrected chi connectivity index (χ2v) is 3.71. The van der Waals surface area contributed by atoms with Crippen molar-refractivity contribution in [1.29, 1.82) is 0 Å². The highest BCUT2D eigenvalue weighted by Gasteiger charge is 2.33. The molecule has 7 heteroatoms. The predicted molar refractivity (Wildman–Crippen MR) is 55.2 cm³/mol. The standard InChI is InChI=1S/C10H6ClF3N2O/c11-6-1-2-8(17)7(5-6)16-4-3-9(15-16)10(12,13)14/h1-5,17H. The molecule has 0 amide bonds. The molecule has 1 aromatic carbocycles. The minimum Gasteiger partial charge on any atom is -0.506 e. The van der Waals surface area contributed by atoms with E-state index in [1.165, 1.54) is 18.2 Å². The van der Waals surface area contributed by atoms with E-state index in [-0.39, 0.29) is 11.4 Å². The van der Waals surface area contributed by atoms with Crippen LogP contribution in [-0.4, -0.2) is 14.9 Å². The molecule has 3 nitrogen and oxygen atoms in total. The van der Waals surface area contributed by atoms with Gasteiger partial charge in [0.05, 0.1) is 0 Å². The van der Waals surface area contributed by atoms with Gasteiger partial charge in [-0.15, -0.1) is 0 Å². The van der Waals surface area contributed by atoms with E-state index in [4.69, 9.17) is 11.6 Å². The molecule has 1 aromatic heterocycles. The molecule has 0 aliphatic carbocycles. The molecule has 90 valence electrons. The number of nitrogens with zero attached hydrogens (tertiary/aromatic N) is 2. The average molecular weight is 263 g/mol. The normalized spacial score (nSPS) is 11.8. The molecule has 1 N–H and O–H groups in total. The lowest BCUT2D eigenvalue weighted by Gasteiger charge is -2.05. The van der Waals surface area contributed by atoms with Crippen molar-refractivity contribution in [3.8, 4) is 11.4 Å². The van der Waals surface area contributed by atoms with Crippen LogP contribution in [0.5, 0.6) is 5.75 Å². The third-order valence-corrected chi connectivity index (χ3v) is 2.30. The monoisotopic (exact) mass is 262 g/mol.